The summed E-state index contributed by atoms with van der Waals surface area (Å²) in [4.78, 5) is 16.0. The molecular formula is C13H15ClN4O. The van der Waals surface area contributed by atoms with E-state index in [0.717, 1.165) is 5.69 Å². The molecule has 0 saturated carbocycles. The van der Waals surface area contributed by atoms with Gasteiger partial charge in [0, 0.05) is 10.4 Å². The van der Waals surface area contributed by atoms with E-state index in [2.05, 4.69) is 15.4 Å². The van der Waals surface area contributed by atoms with Gasteiger partial charge in [-0.2, -0.15) is 5.10 Å². The largest absolute Gasteiger partial charge is 0.324 e. The predicted octanol–water partition coefficient (Wildman–Crippen LogP) is 2.91. The Bertz CT molecular complexity index is 587. The highest BCUT2D eigenvalue weighted by molar-refractivity contribution is 6.31. The second kappa shape index (κ2) is 5.01. The number of carbonyl (C=O) groups is 1. The van der Waals surface area contributed by atoms with Crippen molar-refractivity contribution >= 4 is 23.2 Å². The molecule has 100 valence electrons. The van der Waals surface area contributed by atoms with Crippen LogP contribution in [0, 0.1) is 5.41 Å². The molecule has 1 N–H and O–H groups in total. The van der Waals surface area contributed by atoms with Crippen molar-refractivity contribution in [2.45, 2.75) is 20.8 Å². The van der Waals surface area contributed by atoms with Crippen molar-refractivity contribution in [3.63, 3.8) is 0 Å². The zero-order chi connectivity index (χ0) is 14.0. The van der Waals surface area contributed by atoms with E-state index >= 15 is 0 Å². The average Bonchev–Trinajstić information content (AvgIpc) is 2.81. The average molecular weight is 279 g/mol. The summed E-state index contributed by atoms with van der Waals surface area (Å²) < 4.78 is 1.58. The second-order valence-electron chi connectivity index (χ2n) is 5.21. The highest BCUT2D eigenvalue weighted by atomic mass is 35.5. The Morgan fingerprint density at radius 3 is 2.68 bits per heavy atom. The van der Waals surface area contributed by atoms with Crippen LogP contribution in [-0.4, -0.2) is 20.7 Å². The van der Waals surface area contributed by atoms with Crippen LogP contribution in [-0.2, 0) is 4.79 Å². The van der Waals surface area contributed by atoms with Crippen molar-refractivity contribution in [3.05, 3.63) is 35.9 Å². The second-order valence-corrected chi connectivity index (χ2v) is 5.64. The first-order valence-corrected chi connectivity index (χ1v) is 6.22. The van der Waals surface area contributed by atoms with Crippen LogP contribution < -0.4 is 5.32 Å². The standard InChI is InChI=1S/C13H15ClN4O/c1-13(2,3)12(19)17-10-6-9(14)4-5-11(10)18-8-15-7-16-18/h4-8H,1-3H3,(H,17,19). The van der Waals surface area contributed by atoms with Crippen LogP contribution >= 0.6 is 11.6 Å². The number of nitrogens with one attached hydrogen (secondary N) is 1. The Kier molecular flexibility index (Phi) is 3.57. The maximum absolute atomic E-state index is 12.1. The smallest absolute Gasteiger partial charge is 0.229 e. The fourth-order valence-corrected chi connectivity index (χ4v) is 1.62. The quantitative estimate of drug-likeness (QED) is 0.919. The number of amides is 1. The van der Waals surface area contributed by atoms with Crippen molar-refractivity contribution in [1.29, 1.82) is 0 Å². The lowest BCUT2D eigenvalue weighted by Gasteiger charge is -2.19. The zero-order valence-corrected chi connectivity index (χ0v) is 11.8. The van der Waals surface area contributed by atoms with Gasteiger partial charge in [0.2, 0.25) is 5.91 Å². The molecule has 0 aliphatic heterocycles. The van der Waals surface area contributed by atoms with Gasteiger partial charge in [-0.25, -0.2) is 9.67 Å². The summed E-state index contributed by atoms with van der Waals surface area (Å²) in [6.45, 7) is 5.55. The van der Waals surface area contributed by atoms with Gasteiger partial charge in [0.05, 0.1) is 11.4 Å². The number of aromatic nitrogens is 3. The summed E-state index contributed by atoms with van der Waals surface area (Å²) in [5.74, 6) is -0.0869. The van der Waals surface area contributed by atoms with E-state index in [1.807, 2.05) is 20.8 Å². The van der Waals surface area contributed by atoms with E-state index in [1.165, 1.54) is 6.33 Å². The molecule has 0 radical (unpaired) electrons. The molecule has 1 amide bonds. The number of anilines is 1. The topological polar surface area (TPSA) is 59.8 Å². The van der Waals surface area contributed by atoms with Gasteiger partial charge in [0.25, 0.3) is 0 Å². The first-order chi connectivity index (χ1) is 8.88. The van der Waals surface area contributed by atoms with Crippen molar-refractivity contribution in [3.8, 4) is 5.69 Å². The van der Waals surface area contributed by atoms with E-state index < -0.39 is 5.41 Å². The highest BCUT2D eigenvalue weighted by Crippen LogP contribution is 2.26. The van der Waals surface area contributed by atoms with Gasteiger partial charge in [-0.05, 0) is 18.2 Å². The third-order valence-corrected chi connectivity index (χ3v) is 2.79. The van der Waals surface area contributed by atoms with Crippen molar-refractivity contribution in [2.75, 3.05) is 5.32 Å². The Morgan fingerprint density at radius 1 is 1.37 bits per heavy atom. The van der Waals surface area contributed by atoms with Gasteiger partial charge in [-0.1, -0.05) is 32.4 Å². The molecule has 6 heteroatoms. The number of nitrogens with zero attached hydrogens (tertiary/aromatic N) is 3. The molecule has 2 rings (SSSR count). The van der Waals surface area contributed by atoms with Gasteiger partial charge in [-0.3, -0.25) is 4.79 Å². The van der Waals surface area contributed by atoms with Crippen LogP contribution in [0.2, 0.25) is 5.02 Å². The number of carbonyl (C=O) groups excluding carboxylic acids is 1. The lowest BCUT2D eigenvalue weighted by molar-refractivity contribution is -0.123. The first-order valence-electron chi connectivity index (χ1n) is 5.84. The van der Waals surface area contributed by atoms with Crippen LogP contribution in [0.25, 0.3) is 5.69 Å². The molecule has 1 aromatic carbocycles. The predicted molar refractivity (Wildman–Crippen MR) is 74.5 cm³/mol. The third kappa shape index (κ3) is 3.12. The summed E-state index contributed by atoms with van der Waals surface area (Å²) in [6, 6.07) is 5.23. The third-order valence-electron chi connectivity index (χ3n) is 2.55. The molecule has 0 fully saturated rings. The normalized spacial score (nSPS) is 11.4. The molecule has 0 aliphatic rings. The minimum atomic E-state index is -0.484. The first kappa shape index (κ1) is 13.5. The molecule has 0 bridgehead atoms. The maximum Gasteiger partial charge on any atom is 0.229 e. The molecule has 0 spiro atoms. The molecule has 0 saturated heterocycles. The van der Waals surface area contributed by atoms with Gasteiger partial charge in [0.1, 0.15) is 12.7 Å². The van der Waals surface area contributed by atoms with E-state index in [1.54, 1.807) is 29.2 Å². The van der Waals surface area contributed by atoms with Gasteiger partial charge in [-0.15, -0.1) is 0 Å². The minimum absolute atomic E-state index is 0.0869. The maximum atomic E-state index is 12.1. The fraction of sp³-hybridized carbons (Fsp3) is 0.308. The summed E-state index contributed by atoms with van der Waals surface area (Å²) in [5.41, 5.74) is 0.847. The van der Waals surface area contributed by atoms with E-state index in [9.17, 15) is 4.79 Å². The van der Waals surface area contributed by atoms with Crippen molar-refractivity contribution in [1.82, 2.24) is 14.8 Å². The Balaban J connectivity index is 2.39. The zero-order valence-electron chi connectivity index (χ0n) is 11.0. The van der Waals surface area contributed by atoms with Gasteiger partial charge >= 0.3 is 0 Å². The molecular weight excluding hydrogens is 264 g/mol. The van der Waals surface area contributed by atoms with E-state index in [-0.39, 0.29) is 5.91 Å². The lowest BCUT2D eigenvalue weighted by Crippen LogP contribution is -2.28. The fourth-order valence-electron chi connectivity index (χ4n) is 1.45. The van der Waals surface area contributed by atoms with Crippen LogP contribution in [0.15, 0.2) is 30.9 Å². The summed E-state index contributed by atoms with van der Waals surface area (Å²) in [6.07, 6.45) is 3.00. The number of rotatable bonds is 2. The summed E-state index contributed by atoms with van der Waals surface area (Å²) in [5, 5.41) is 7.47. The molecule has 0 unspecified atom stereocenters. The Labute approximate surface area is 116 Å². The van der Waals surface area contributed by atoms with Crippen molar-refractivity contribution < 1.29 is 4.79 Å². The van der Waals surface area contributed by atoms with E-state index in [0.29, 0.717) is 10.7 Å². The van der Waals surface area contributed by atoms with Gasteiger partial charge in [0.15, 0.2) is 0 Å². The number of halogens is 1. The minimum Gasteiger partial charge on any atom is -0.324 e. The highest BCUT2D eigenvalue weighted by Gasteiger charge is 2.22. The van der Waals surface area contributed by atoms with E-state index in [4.69, 9.17) is 11.6 Å². The molecule has 1 aromatic heterocycles. The van der Waals surface area contributed by atoms with Crippen molar-refractivity contribution in [2.24, 2.45) is 5.41 Å². The Hall–Kier alpha value is -1.88. The van der Waals surface area contributed by atoms with Crippen LogP contribution in [0.4, 0.5) is 5.69 Å². The monoisotopic (exact) mass is 278 g/mol. The summed E-state index contributed by atoms with van der Waals surface area (Å²) >= 11 is 5.98. The molecule has 1 heterocycles. The molecule has 0 aliphatic carbocycles. The molecule has 19 heavy (non-hydrogen) atoms. The lowest BCUT2D eigenvalue weighted by atomic mass is 9.95. The molecule has 2 aromatic rings. The van der Waals surface area contributed by atoms with Gasteiger partial charge < -0.3 is 5.32 Å². The summed E-state index contributed by atoms with van der Waals surface area (Å²) in [7, 11) is 0. The van der Waals surface area contributed by atoms with Crippen LogP contribution in [0.3, 0.4) is 0 Å². The number of hydrogen-bond acceptors (Lipinski definition) is 3. The molecule has 5 nitrogen and oxygen atoms in total. The SMILES string of the molecule is CC(C)(C)C(=O)Nc1cc(Cl)ccc1-n1cncn1. The van der Waals surface area contributed by atoms with Crippen LogP contribution in [0.1, 0.15) is 20.8 Å². The molecule has 0 atom stereocenters. The Morgan fingerprint density at radius 2 is 2.11 bits per heavy atom. The van der Waals surface area contributed by atoms with Crippen LogP contribution in [0.5, 0.6) is 0 Å². The number of benzene rings is 1. The number of hydrogen-bond donors (Lipinski definition) is 1.